The summed E-state index contributed by atoms with van der Waals surface area (Å²) >= 11 is 5.89. The van der Waals surface area contributed by atoms with Crippen LogP contribution in [0.2, 0.25) is 5.02 Å². The van der Waals surface area contributed by atoms with Crippen LogP contribution >= 0.6 is 11.6 Å². The number of nitrogens with zero attached hydrogens (tertiary/aromatic N) is 3. The van der Waals surface area contributed by atoms with E-state index in [0.717, 1.165) is 0 Å². The number of ether oxygens (including phenoxy) is 1. The van der Waals surface area contributed by atoms with Crippen molar-refractivity contribution in [3.05, 3.63) is 57.4 Å². The number of hydrogen-bond donors (Lipinski definition) is 0. The standard InChI is InChI=1S/C12H6ClN3O3/c13-10-2-1-3-11(16(17)18)12(10)19-9-4-5-15-8(6-9)7-14/h1-6H. The summed E-state index contributed by atoms with van der Waals surface area (Å²) in [6.07, 6.45) is 1.37. The van der Waals surface area contributed by atoms with Gasteiger partial charge in [0.2, 0.25) is 5.75 Å². The average Bonchev–Trinajstić information content (AvgIpc) is 2.41. The Bertz CT molecular complexity index is 682. The number of aromatic nitrogens is 1. The highest BCUT2D eigenvalue weighted by molar-refractivity contribution is 6.32. The normalized spacial score (nSPS) is 9.68. The Morgan fingerprint density at radius 3 is 2.89 bits per heavy atom. The second kappa shape index (κ2) is 5.33. The third-order valence-electron chi connectivity index (χ3n) is 2.21. The molecular weight excluding hydrogens is 270 g/mol. The molecule has 6 nitrogen and oxygen atoms in total. The zero-order valence-electron chi connectivity index (χ0n) is 9.41. The van der Waals surface area contributed by atoms with Crippen molar-refractivity contribution >= 4 is 17.3 Å². The molecule has 94 valence electrons. The molecule has 19 heavy (non-hydrogen) atoms. The topological polar surface area (TPSA) is 89.0 Å². The van der Waals surface area contributed by atoms with Gasteiger partial charge in [-0.15, -0.1) is 0 Å². The number of nitro groups is 1. The number of halogens is 1. The first-order valence-corrected chi connectivity index (χ1v) is 5.46. The summed E-state index contributed by atoms with van der Waals surface area (Å²) in [4.78, 5) is 14.1. The summed E-state index contributed by atoms with van der Waals surface area (Å²) < 4.78 is 5.38. The molecule has 0 aliphatic rings. The van der Waals surface area contributed by atoms with Crippen LogP contribution in [0.5, 0.6) is 11.5 Å². The maximum atomic E-state index is 10.9. The van der Waals surface area contributed by atoms with Crippen molar-refractivity contribution in [3.63, 3.8) is 0 Å². The molecule has 1 heterocycles. The van der Waals surface area contributed by atoms with E-state index in [-0.39, 0.29) is 27.9 Å². The van der Waals surface area contributed by atoms with Gasteiger partial charge in [0.25, 0.3) is 0 Å². The number of hydrogen-bond acceptors (Lipinski definition) is 5. The summed E-state index contributed by atoms with van der Waals surface area (Å²) in [5.41, 5.74) is -0.102. The molecule has 0 saturated carbocycles. The van der Waals surface area contributed by atoms with Crippen LogP contribution in [0.3, 0.4) is 0 Å². The fourth-order valence-corrected chi connectivity index (χ4v) is 1.60. The van der Waals surface area contributed by atoms with Crippen molar-refractivity contribution in [1.82, 2.24) is 4.98 Å². The first-order valence-electron chi connectivity index (χ1n) is 5.08. The molecule has 1 aromatic carbocycles. The molecule has 2 aromatic rings. The Morgan fingerprint density at radius 1 is 1.42 bits per heavy atom. The van der Waals surface area contributed by atoms with E-state index >= 15 is 0 Å². The van der Waals surface area contributed by atoms with Gasteiger partial charge in [0.1, 0.15) is 17.5 Å². The minimum atomic E-state index is -0.590. The van der Waals surface area contributed by atoms with Gasteiger partial charge in [0.15, 0.2) is 0 Å². The van der Waals surface area contributed by atoms with Gasteiger partial charge >= 0.3 is 5.69 Å². The molecule has 0 atom stereocenters. The monoisotopic (exact) mass is 275 g/mol. The number of rotatable bonds is 3. The lowest BCUT2D eigenvalue weighted by Crippen LogP contribution is -1.94. The lowest BCUT2D eigenvalue weighted by atomic mass is 10.3. The lowest BCUT2D eigenvalue weighted by Gasteiger charge is -2.07. The van der Waals surface area contributed by atoms with Gasteiger partial charge < -0.3 is 4.74 Å². The molecule has 0 fully saturated rings. The molecule has 0 bridgehead atoms. The highest BCUT2D eigenvalue weighted by atomic mass is 35.5. The second-order valence-corrected chi connectivity index (χ2v) is 3.84. The Balaban J connectivity index is 2.43. The van der Waals surface area contributed by atoms with Crippen molar-refractivity contribution in [2.75, 3.05) is 0 Å². The minimum absolute atomic E-state index is 0.0655. The van der Waals surface area contributed by atoms with Crippen LogP contribution < -0.4 is 4.74 Å². The quantitative estimate of drug-likeness (QED) is 0.633. The van der Waals surface area contributed by atoms with Gasteiger partial charge in [-0.1, -0.05) is 17.7 Å². The largest absolute Gasteiger partial charge is 0.448 e. The molecule has 0 amide bonds. The van der Waals surface area contributed by atoms with Crippen LogP contribution in [0, 0.1) is 21.4 Å². The van der Waals surface area contributed by atoms with E-state index in [9.17, 15) is 10.1 Å². The molecule has 0 saturated heterocycles. The zero-order valence-corrected chi connectivity index (χ0v) is 10.2. The van der Waals surface area contributed by atoms with E-state index in [0.29, 0.717) is 0 Å². The van der Waals surface area contributed by atoms with Crippen molar-refractivity contribution < 1.29 is 9.66 Å². The Morgan fingerprint density at radius 2 is 2.21 bits per heavy atom. The van der Waals surface area contributed by atoms with E-state index in [1.54, 1.807) is 0 Å². The summed E-state index contributed by atoms with van der Waals surface area (Å²) in [5.74, 6) is 0.187. The summed E-state index contributed by atoms with van der Waals surface area (Å²) in [6.45, 7) is 0. The number of nitro benzene ring substituents is 1. The van der Waals surface area contributed by atoms with Crippen LogP contribution in [0.25, 0.3) is 0 Å². The first-order chi connectivity index (χ1) is 9.11. The van der Waals surface area contributed by atoms with E-state index in [1.165, 1.54) is 36.5 Å². The van der Waals surface area contributed by atoms with Crippen molar-refractivity contribution in [2.45, 2.75) is 0 Å². The lowest BCUT2D eigenvalue weighted by molar-refractivity contribution is -0.385. The van der Waals surface area contributed by atoms with Gasteiger partial charge in [-0.05, 0) is 12.1 Å². The van der Waals surface area contributed by atoms with Crippen molar-refractivity contribution in [2.24, 2.45) is 0 Å². The summed E-state index contributed by atoms with van der Waals surface area (Å²) in [7, 11) is 0. The maximum Gasteiger partial charge on any atom is 0.313 e. The Hall–Kier alpha value is -2.65. The molecule has 0 aliphatic carbocycles. The molecule has 0 radical (unpaired) electrons. The van der Waals surface area contributed by atoms with E-state index in [4.69, 9.17) is 21.6 Å². The predicted molar refractivity (Wildman–Crippen MR) is 67.1 cm³/mol. The zero-order chi connectivity index (χ0) is 13.8. The highest BCUT2D eigenvalue weighted by Crippen LogP contribution is 2.37. The molecule has 0 spiro atoms. The third kappa shape index (κ3) is 2.78. The number of para-hydroxylation sites is 1. The number of nitriles is 1. The van der Waals surface area contributed by atoms with Gasteiger partial charge in [-0.25, -0.2) is 4.98 Å². The Kier molecular flexibility index (Phi) is 3.59. The van der Waals surface area contributed by atoms with Gasteiger partial charge in [-0.2, -0.15) is 5.26 Å². The van der Waals surface area contributed by atoms with E-state index < -0.39 is 4.92 Å². The summed E-state index contributed by atoms with van der Waals surface area (Å²) in [5, 5.41) is 19.7. The fraction of sp³-hybridized carbons (Fsp3) is 0. The average molecular weight is 276 g/mol. The highest BCUT2D eigenvalue weighted by Gasteiger charge is 2.19. The minimum Gasteiger partial charge on any atom is -0.448 e. The Labute approximate surface area is 113 Å². The number of pyridine rings is 1. The van der Waals surface area contributed by atoms with Gasteiger partial charge in [0, 0.05) is 18.3 Å². The SMILES string of the molecule is N#Cc1cc(Oc2c(Cl)cccc2[N+](=O)[O-])ccn1. The predicted octanol–water partition coefficient (Wildman–Crippen LogP) is 3.31. The van der Waals surface area contributed by atoms with E-state index in [2.05, 4.69) is 4.98 Å². The van der Waals surface area contributed by atoms with Crippen molar-refractivity contribution in [1.29, 1.82) is 5.26 Å². The van der Waals surface area contributed by atoms with Gasteiger partial charge in [0.05, 0.1) is 9.95 Å². The smallest absolute Gasteiger partial charge is 0.313 e. The molecule has 7 heteroatoms. The van der Waals surface area contributed by atoms with Crippen molar-refractivity contribution in [3.8, 4) is 17.6 Å². The maximum absolute atomic E-state index is 10.9. The molecule has 0 N–H and O–H groups in total. The van der Waals surface area contributed by atoms with Crippen LogP contribution in [-0.4, -0.2) is 9.91 Å². The molecule has 2 rings (SSSR count). The molecule has 1 aromatic heterocycles. The van der Waals surface area contributed by atoms with E-state index in [1.807, 2.05) is 6.07 Å². The van der Waals surface area contributed by atoms with Crippen LogP contribution in [-0.2, 0) is 0 Å². The summed E-state index contributed by atoms with van der Waals surface area (Å²) in [6, 6.07) is 8.92. The van der Waals surface area contributed by atoms with Crippen LogP contribution in [0.15, 0.2) is 36.5 Å². The molecular formula is C12H6ClN3O3. The van der Waals surface area contributed by atoms with Gasteiger partial charge in [-0.3, -0.25) is 10.1 Å². The molecule has 0 unspecified atom stereocenters. The first kappa shape index (κ1) is 12.8. The fourth-order valence-electron chi connectivity index (χ4n) is 1.40. The third-order valence-corrected chi connectivity index (χ3v) is 2.51. The number of benzene rings is 1. The van der Waals surface area contributed by atoms with Crippen LogP contribution in [0.1, 0.15) is 5.69 Å². The molecule has 0 aliphatic heterocycles. The second-order valence-electron chi connectivity index (χ2n) is 3.44. The van der Waals surface area contributed by atoms with Crippen LogP contribution in [0.4, 0.5) is 5.69 Å².